The summed E-state index contributed by atoms with van der Waals surface area (Å²) in [7, 11) is 0. The number of fused-ring (bicyclic) bond motifs is 3. The molecule has 0 saturated carbocycles. The minimum absolute atomic E-state index is 0.305. The number of hydrogen-bond donors (Lipinski definition) is 2. The second-order valence-electron chi connectivity index (χ2n) is 6.54. The molecule has 1 atom stereocenters. The van der Waals surface area contributed by atoms with Crippen molar-refractivity contribution in [1.29, 1.82) is 0 Å². The molecular weight excluding hydrogens is 338 g/mol. The van der Waals surface area contributed by atoms with Crippen molar-refractivity contribution in [2.45, 2.75) is 45.6 Å². The molecule has 1 aliphatic rings. The molecule has 1 amide bonds. The molecule has 0 saturated heterocycles. The quantitative estimate of drug-likeness (QED) is 0.791. The van der Waals surface area contributed by atoms with Crippen LogP contribution in [0.15, 0.2) is 21.3 Å². The van der Waals surface area contributed by atoms with E-state index >= 15 is 0 Å². The SMILES string of the molecule is Cc1c(OCC(=O)N[C@@H](C)C(=O)O)ccc2c3c(c(=O)oc12)CCCC3. The normalized spacial score (nSPS) is 14.5. The second-order valence-corrected chi connectivity index (χ2v) is 6.54. The monoisotopic (exact) mass is 359 g/mol. The molecule has 26 heavy (non-hydrogen) atoms. The van der Waals surface area contributed by atoms with Crippen LogP contribution < -0.4 is 15.7 Å². The molecule has 2 N–H and O–H groups in total. The number of carboxylic acid groups (broad SMARTS) is 1. The van der Waals surface area contributed by atoms with Gasteiger partial charge in [-0.2, -0.15) is 0 Å². The lowest BCUT2D eigenvalue weighted by atomic mass is 9.90. The first-order valence-corrected chi connectivity index (χ1v) is 8.61. The summed E-state index contributed by atoms with van der Waals surface area (Å²) in [4.78, 5) is 34.8. The number of amides is 1. The number of carbonyl (C=O) groups excluding carboxylic acids is 1. The Hall–Kier alpha value is -2.83. The van der Waals surface area contributed by atoms with Crippen molar-refractivity contribution in [2.24, 2.45) is 0 Å². The maximum atomic E-state index is 12.3. The lowest BCUT2D eigenvalue weighted by Gasteiger charge is -2.18. The average molecular weight is 359 g/mol. The summed E-state index contributed by atoms with van der Waals surface area (Å²) < 4.78 is 11.0. The van der Waals surface area contributed by atoms with Gasteiger partial charge in [0.25, 0.3) is 5.91 Å². The molecule has 138 valence electrons. The zero-order chi connectivity index (χ0) is 18.8. The van der Waals surface area contributed by atoms with Gasteiger partial charge in [0, 0.05) is 16.5 Å². The zero-order valence-corrected chi connectivity index (χ0v) is 14.8. The van der Waals surface area contributed by atoms with Crippen molar-refractivity contribution in [3.05, 3.63) is 39.2 Å². The van der Waals surface area contributed by atoms with E-state index in [1.165, 1.54) is 6.92 Å². The standard InChI is InChI=1S/C19H21NO6/c1-10-15(25-9-16(21)20-11(2)18(22)23)8-7-13-12-5-3-4-6-14(12)19(24)26-17(10)13/h7-8,11H,3-6,9H2,1-2H3,(H,20,21)(H,22,23)/t11-/m0/s1. The van der Waals surface area contributed by atoms with Gasteiger partial charge in [-0.1, -0.05) is 0 Å². The molecule has 1 aliphatic carbocycles. The van der Waals surface area contributed by atoms with Crippen molar-refractivity contribution >= 4 is 22.8 Å². The summed E-state index contributed by atoms with van der Waals surface area (Å²) in [6.07, 6.45) is 3.64. The van der Waals surface area contributed by atoms with Gasteiger partial charge in [0.2, 0.25) is 0 Å². The predicted octanol–water partition coefficient (Wildman–Crippen LogP) is 1.95. The molecule has 0 fully saturated rings. The molecule has 0 bridgehead atoms. The second kappa shape index (κ2) is 7.19. The summed E-state index contributed by atoms with van der Waals surface area (Å²) in [5.41, 5.74) is 2.63. The minimum atomic E-state index is -1.12. The van der Waals surface area contributed by atoms with E-state index < -0.39 is 17.9 Å². The van der Waals surface area contributed by atoms with E-state index in [-0.39, 0.29) is 12.2 Å². The van der Waals surface area contributed by atoms with Gasteiger partial charge < -0.3 is 19.6 Å². The molecule has 1 heterocycles. The maximum absolute atomic E-state index is 12.3. The number of nitrogens with one attached hydrogen (secondary N) is 1. The number of ether oxygens (including phenoxy) is 1. The van der Waals surface area contributed by atoms with Crippen LogP contribution in [0.2, 0.25) is 0 Å². The Kier molecular flexibility index (Phi) is 4.97. The fraction of sp³-hybridized carbons (Fsp3) is 0.421. The van der Waals surface area contributed by atoms with E-state index in [1.807, 2.05) is 6.07 Å². The fourth-order valence-corrected chi connectivity index (χ4v) is 3.27. The van der Waals surface area contributed by atoms with Crippen LogP contribution in [0.5, 0.6) is 5.75 Å². The summed E-state index contributed by atoms with van der Waals surface area (Å²) >= 11 is 0. The third-order valence-electron chi connectivity index (χ3n) is 4.70. The minimum Gasteiger partial charge on any atom is -0.483 e. The highest BCUT2D eigenvalue weighted by atomic mass is 16.5. The fourth-order valence-electron chi connectivity index (χ4n) is 3.27. The molecule has 7 heteroatoms. The van der Waals surface area contributed by atoms with Crippen LogP contribution in [0, 0.1) is 6.92 Å². The van der Waals surface area contributed by atoms with Crippen molar-refractivity contribution < 1.29 is 23.8 Å². The molecular formula is C19H21NO6. The van der Waals surface area contributed by atoms with Gasteiger partial charge in [0.15, 0.2) is 6.61 Å². The number of aliphatic carboxylic acids is 1. The third kappa shape index (κ3) is 3.42. The van der Waals surface area contributed by atoms with Crippen molar-refractivity contribution in [2.75, 3.05) is 6.61 Å². The zero-order valence-electron chi connectivity index (χ0n) is 14.8. The smallest absolute Gasteiger partial charge is 0.339 e. The van der Waals surface area contributed by atoms with Crippen LogP contribution in [-0.2, 0) is 22.4 Å². The Balaban J connectivity index is 1.85. The molecule has 0 aliphatic heterocycles. The van der Waals surface area contributed by atoms with Crippen LogP contribution in [-0.4, -0.2) is 29.6 Å². The molecule has 0 radical (unpaired) electrons. The van der Waals surface area contributed by atoms with E-state index in [2.05, 4.69) is 5.32 Å². The molecule has 7 nitrogen and oxygen atoms in total. The van der Waals surface area contributed by atoms with Crippen LogP contribution in [0.4, 0.5) is 0 Å². The van der Waals surface area contributed by atoms with Gasteiger partial charge in [0.05, 0.1) is 0 Å². The Morgan fingerprint density at radius 2 is 1.96 bits per heavy atom. The van der Waals surface area contributed by atoms with Crippen LogP contribution in [0.3, 0.4) is 0 Å². The van der Waals surface area contributed by atoms with Crippen molar-refractivity contribution in [1.82, 2.24) is 5.32 Å². The Labute approximate surface area is 150 Å². The first kappa shape index (κ1) is 18.0. The number of rotatable bonds is 5. The lowest BCUT2D eigenvalue weighted by Crippen LogP contribution is -2.40. The van der Waals surface area contributed by atoms with Gasteiger partial charge in [-0.15, -0.1) is 0 Å². The Morgan fingerprint density at radius 3 is 2.65 bits per heavy atom. The molecule has 0 spiro atoms. The van der Waals surface area contributed by atoms with E-state index in [9.17, 15) is 14.4 Å². The number of hydrogen-bond acceptors (Lipinski definition) is 5. The first-order chi connectivity index (χ1) is 12.4. The van der Waals surface area contributed by atoms with E-state index in [1.54, 1.807) is 13.0 Å². The summed E-state index contributed by atoms with van der Waals surface area (Å²) in [6, 6.07) is 2.61. The van der Waals surface area contributed by atoms with Crippen LogP contribution in [0.25, 0.3) is 11.0 Å². The van der Waals surface area contributed by atoms with E-state index in [4.69, 9.17) is 14.3 Å². The summed E-state index contributed by atoms with van der Waals surface area (Å²) in [5, 5.41) is 12.0. The maximum Gasteiger partial charge on any atom is 0.339 e. The topological polar surface area (TPSA) is 106 Å². The highest BCUT2D eigenvalue weighted by Gasteiger charge is 2.20. The molecule has 3 rings (SSSR count). The molecule has 1 aromatic heterocycles. The summed E-state index contributed by atoms with van der Waals surface area (Å²) in [6.45, 7) is 2.83. The lowest BCUT2D eigenvalue weighted by molar-refractivity contribution is -0.141. The van der Waals surface area contributed by atoms with Gasteiger partial charge >= 0.3 is 11.6 Å². The number of benzene rings is 1. The molecule has 0 unspecified atom stereocenters. The van der Waals surface area contributed by atoms with Gasteiger partial charge in [-0.05, 0) is 57.2 Å². The third-order valence-corrected chi connectivity index (χ3v) is 4.70. The van der Waals surface area contributed by atoms with Gasteiger partial charge in [-0.3, -0.25) is 9.59 Å². The summed E-state index contributed by atoms with van der Waals surface area (Å²) in [5.74, 6) is -1.23. The number of carbonyl (C=O) groups is 2. The van der Waals surface area contributed by atoms with Crippen molar-refractivity contribution in [3.8, 4) is 5.75 Å². The predicted molar refractivity (Wildman–Crippen MR) is 94.6 cm³/mol. The molecule has 1 aromatic carbocycles. The Bertz CT molecular complexity index is 930. The number of aryl methyl sites for hydroxylation is 2. The van der Waals surface area contributed by atoms with Crippen molar-refractivity contribution in [3.63, 3.8) is 0 Å². The Morgan fingerprint density at radius 1 is 1.27 bits per heavy atom. The average Bonchev–Trinajstić information content (AvgIpc) is 2.62. The van der Waals surface area contributed by atoms with Crippen LogP contribution >= 0.6 is 0 Å². The number of carboxylic acids is 1. The highest BCUT2D eigenvalue weighted by Crippen LogP contribution is 2.32. The molecule has 2 aromatic rings. The first-order valence-electron chi connectivity index (χ1n) is 8.61. The highest BCUT2D eigenvalue weighted by molar-refractivity contribution is 5.87. The van der Waals surface area contributed by atoms with Crippen LogP contribution in [0.1, 0.15) is 36.5 Å². The van der Waals surface area contributed by atoms with Gasteiger partial charge in [-0.25, -0.2) is 4.79 Å². The largest absolute Gasteiger partial charge is 0.483 e. The van der Waals surface area contributed by atoms with E-state index in [0.29, 0.717) is 16.9 Å². The van der Waals surface area contributed by atoms with E-state index in [0.717, 1.165) is 42.2 Å². The van der Waals surface area contributed by atoms with Gasteiger partial charge in [0.1, 0.15) is 17.4 Å².